The number of aliphatic imine (C=N–C) groups is 1. The predicted molar refractivity (Wildman–Crippen MR) is 107 cm³/mol. The molecule has 1 N–H and O–H groups in total. The van der Waals surface area contributed by atoms with E-state index >= 15 is 0 Å². The highest BCUT2D eigenvalue weighted by Gasteiger charge is 2.22. The fourth-order valence-electron chi connectivity index (χ4n) is 3.50. The quantitative estimate of drug-likeness (QED) is 0.382. The van der Waals surface area contributed by atoms with Crippen molar-refractivity contribution in [2.45, 2.75) is 64.5 Å². The largest absolute Gasteiger partial charge is 0.385 e. The number of hydrogen-bond acceptors (Lipinski definition) is 5. The Labute approximate surface area is 163 Å². The van der Waals surface area contributed by atoms with E-state index < -0.39 is 0 Å². The summed E-state index contributed by atoms with van der Waals surface area (Å²) in [5.41, 5.74) is 1.05. The van der Waals surface area contributed by atoms with E-state index in [4.69, 9.17) is 14.0 Å². The Balaban J connectivity index is 1.75. The fourth-order valence-corrected chi connectivity index (χ4v) is 3.50. The van der Waals surface area contributed by atoms with Crippen LogP contribution in [-0.2, 0) is 16.0 Å². The summed E-state index contributed by atoms with van der Waals surface area (Å²) in [5.74, 6) is 2.24. The van der Waals surface area contributed by atoms with Crippen LogP contribution in [0.5, 0.6) is 0 Å². The van der Waals surface area contributed by atoms with E-state index in [1.807, 2.05) is 7.05 Å². The lowest BCUT2D eigenvalue weighted by atomic mass is 9.99. The Morgan fingerprint density at radius 1 is 1.33 bits per heavy atom. The number of aromatic nitrogens is 1. The molecule has 0 spiro atoms. The highest BCUT2D eigenvalue weighted by molar-refractivity contribution is 5.79. The van der Waals surface area contributed by atoms with E-state index in [9.17, 15) is 0 Å². The van der Waals surface area contributed by atoms with E-state index in [0.717, 1.165) is 75.8 Å². The average molecular weight is 381 g/mol. The third kappa shape index (κ3) is 6.81. The summed E-state index contributed by atoms with van der Waals surface area (Å²) in [5, 5.41) is 7.64. The van der Waals surface area contributed by atoms with Crippen molar-refractivity contribution in [3.63, 3.8) is 0 Å². The molecule has 0 unspecified atom stereocenters. The van der Waals surface area contributed by atoms with Crippen molar-refractivity contribution in [3.8, 4) is 0 Å². The summed E-state index contributed by atoms with van der Waals surface area (Å²) in [6, 6.07) is 2.07. The molecule has 2 rings (SSSR count). The Morgan fingerprint density at radius 2 is 2.07 bits per heavy atom. The van der Waals surface area contributed by atoms with Gasteiger partial charge in [0.25, 0.3) is 0 Å². The zero-order chi connectivity index (χ0) is 19.5. The van der Waals surface area contributed by atoms with Crippen LogP contribution in [0, 0.1) is 0 Å². The number of likely N-dealkylation sites (tertiary alicyclic amines) is 1. The minimum absolute atomic E-state index is 0.341. The Hall–Kier alpha value is -1.60. The summed E-state index contributed by atoms with van der Waals surface area (Å²) < 4.78 is 16.5. The second-order valence-corrected chi connectivity index (χ2v) is 7.04. The van der Waals surface area contributed by atoms with Crippen molar-refractivity contribution >= 4 is 5.96 Å². The maximum absolute atomic E-state index is 5.93. The molecule has 27 heavy (non-hydrogen) atoms. The van der Waals surface area contributed by atoms with Crippen molar-refractivity contribution in [2.24, 2.45) is 4.99 Å². The van der Waals surface area contributed by atoms with E-state index in [0.29, 0.717) is 18.6 Å². The highest BCUT2D eigenvalue weighted by Crippen LogP contribution is 2.22. The molecule has 0 amide bonds. The van der Waals surface area contributed by atoms with Crippen LogP contribution in [0.25, 0.3) is 0 Å². The van der Waals surface area contributed by atoms with Crippen molar-refractivity contribution < 1.29 is 14.0 Å². The molecule has 1 saturated heterocycles. The first kappa shape index (κ1) is 21.7. The molecule has 0 saturated carbocycles. The molecule has 1 aliphatic heterocycles. The lowest BCUT2D eigenvalue weighted by Crippen LogP contribution is -2.46. The summed E-state index contributed by atoms with van der Waals surface area (Å²) in [7, 11) is 3.55. The van der Waals surface area contributed by atoms with Gasteiger partial charge in [-0.3, -0.25) is 4.99 Å². The summed E-state index contributed by atoms with van der Waals surface area (Å²) in [6.07, 6.45) is 5.51. The Bertz CT molecular complexity index is 549. The maximum Gasteiger partial charge on any atom is 0.194 e. The van der Waals surface area contributed by atoms with Gasteiger partial charge in [0, 0.05) is 52.4 Å². The average Bonchev–Trinajstić information content (AvgIpc) is 3.16. The van der Waals surface area contributed by atoms with Gasteiger partial charge in [0.15, 0.2) is 11.7 Å². The van der Waals surface area contributed by atoms with Crippen LogP contribution < -0.4 is 5.32 Å². The van der Waals surface area contributed by atoms with Crippen LogP contribution in [0.3, 0.4) is 0 Å². The number of methoxy groups -OCH3 is 1. The first-order chi connectivity index (χ1) is 13.2. The van der Waals surface area contributed by atoms with Gasteiger partial charge in [-0.2, -0.15) is 0 Å². The number of rotatable bonds is 10. The van der Waals surface area contributed by atoms with Crippen molar-refractivity contribution in [2.75, 3.05) is 40.5 Å². The molecule has 1 aromatic rings. The Morgan fingerprint density at radius 3 is 2.70 bits per heavy atom. The minimum atomic E-state index is 0.341. The molecule has 154 valence electrons. The van der Waals surface area contributed by atoms with E-state index in [1.54, 1.807) is 7.11 Å². The third-order valence-corrected chi connectivity index (χ3v) is 5.20. The smallest absolute Gasteiger partial charge is 0.194 e. The molecule has 1 fully saturated rings. The maximum atomic E-state index is 5.93. The van der Waals surface area contributed by atoms with Crippen LogP contribution >= 0.6 is 0 Å². The first-order valence-electron chi connectivity index (χ1n) is 10.2. The molecule has 1 aromatic heterocycles. The van der Waals surface area contributed by atoms with Gasteiger partial charge < -0.3 is 24.2 Å². The van der Waals surface area contributed by atoms with Crippen LogP contribution in [0.15, 0.2) is 15.6 Å². The van der Waals surface area contributed by atoms with Crippen LogP contribution in [0.4, 0.5) is 0 Å². The van der Waals surface area contributed by atoms with Crippen LogP contribution in [-0.4, -0.2) is 62.6 Å². The Kier molecular flexibility index (Phi) is 9.62. The van der Waals surface area contributed by atoms with Gasteiger partial charge in [0.1, 0.15) is 0 Å². The SMILES string of the molecule is CCC(CC)c1cc(CNC(=NC)N2CCC(OCCCOC)CC2)on1. The normalized spacial score (nSPS) is 16.3. The molecular weight excluding hydrogens is 344 g/mol. The molecule has 7 heteroatoms. The minimum Gasteiger partial charge on any atom is -0.385 e. The lowest BCUT2D eigenvalue weighted by Gasteiger charge is -2.34. The number of hydrogen-bond donors (Lipinski definition) is 1. The highest BCUT2D eigenvalue weighted by atomic mass is 16.5. The molecule has 0 aromatic carbocycles. The second kappa shape index (κ2) is 12.0. The van der Waals surface area contributed by atoms with Crippen molar-refractivity contribution in [1.82, 2.24) is 15.4 Å². The first-order valence-corrected chi connectivity index (χ1v) is 10.2. The van der Waals surface area contributed by atoms with Crippen molar-refractivity contribution in [1.29, 1.82) is 0 Å². The molecule has 0 atom stereocenters. The standard InChI is InChI=1S/C20H36N4O3/c1-5-16(6-2)19-14-18(27-23-19)15-22-20(21-3)24-10-8-17(9-11-24)26-13-7-12-25-4/h14,16-17H,5-13,15H2,1-4H3,(H,21,22). The van der Waals surface area contributed by atoms with Crippen molar-refractivity contribution in [3.05, 3.63) is 17.5 Å². The molecular formula is C20H36N4O3. The fraction of sp³-hybridized carbons (Fsp3) is 0.800. The zero-order valence-corrected chi connectivity index (χ0v) is 17.4. The van der Waals surface area contributed by atoms with Crippen LogP contribution in [0.1, 0.15) is 63.3 Å². The summed E-state index contributed by atoms with van der Waals surface area (Å²) >= 11 is 0. The van der Waals surface area contributed by atoms with Gasteiger partial charge in [-0.25, -0.2) is 0 Å². The topological polar surface area (TPSA) is 72.1 Å². The summed E-state index contributed by atoms with van der Waals surface area (Å²) in [4.78, 5) is 6.71. The molecule has 0 radical (unpaired) electrons. The van der Waals surface area contributed by atoms with E-state index in [-0.39, 0.29) is 0 Å². The van der Waals surface area contributed by atoms with Gasteiger partial charge in [-0.15, -0.1) is 0 Å². The van der Waals surface area contributed by atoms with Gasteiger partial charge >= 0.3 is 0 Å². The van der Waals surface area contributed by atoms with Gasteiger partial charge in [-0.1, -0.05) is 19.0 Å². The van der Waals surface area contributed by atoms with Gasteiger partial charge in [-0.05, 0) is 32.1 Å². The molecule has 0 aliphatic carbocycles. The van der Waals surface area contributed by atoms with E-state index in [2.05, 4.69) is 40.3 Å². The van der Waals surface area contributed by atoms with Crippen LogP contribution in [0.2, 0.25) is 0 Å². The lowest BCUT2D eigenvalue weighted by molar-refractivity contribution is 0.00988. The van der Waals surface area contributed by atoms with Gasteiger partial charge in [0.05, 0.1) is 18.3 Å². The van der Waals surface area contributed by atoms with E-state index in [1.165, 1.54) is 0 Å². The molecule has 1 aliphatic rings. The number of guanidine groups is 1. The number of nitrogens with one attached hydrogen (secondary N) is 1. The second-order valence-electron chi connectivity index (χ2n) is 7.04. The monoisotopic (exact) mass is 380 g/mol. The summed E-state index contributed by atoms with van der Waals surface area (Å²) in [6.45, 7) is 8.41. The predicted octanol–water partition coefficient (Wildman–Crippen LogP) is 3.17. The molecule has 0 bridgehead atoms. The van der Waals surface area contributed by atoms with Gasteiger partial charge in [0.2, 0.25) is 0 Å². The third-order valence-electron chi connectivity index (χ3n) is 5.20. The molecule has 7 nitrogen and oxygen atoms in total. The molecule has 2 heterocycles. The zero-order valence-electron chi connectivity index (χ0n) is 17.4. The number of nitrogens with zero attached hydrogens (tertiary/aromatic N) is 3. The number of piperidine rings is 1. The number of ether oxygens (including phenoxy) is 2.